The third-order valence-electron chi connectivity index (χ3n) is 3.17. The van der Waals surface area contributed by atoms with E-state index in [0.717, 1.165) is 24.4 Å². The fourth-order valence-electron chi connectivity index (χ4n) is 2.15. The van der Waals surface area contributed by atoms with Gasteiger partial charge in [0.05, 0.1) is 19.1 Å². The predicted molar refractivity (Wildman–Crippen MR) is 77.2 cm³/mol. The highest BCUT2D eigenvalue weighted by atomic mass is 16.5. The van der Waals surface area contributed by atoms with Crippen LogP contribution >= 0.6 is 0 Å². The van der Waals surface area contributed by atoms with Crippen molar-refractivity contribution in [2.75, 3.05) is 23.8 Å². The number of ether oxygens (including phenoxy) is 1. The van der Waals surface area contributed by atoms with Gasteiger partial charge in [0.2, 0.25) is 0 Å². The highest BCUT2D eigenvalue weighted by Gasteiger charge is 2.29. The average molecular weight is 259 g/mol. The van der Waals surface area contributed by atoms with E-state index in [-0.39, 0.29) is 0 Å². The van der Waals surface area contributed by atoms with E-state index in [9.17, 15) is 0 Å². The summed E-state index contributed by atoms with van der Waals surface area (Å²) in [4.78, 5) is 2.28. The molecule has 0 spiro atoms. The summed E-state index contributed by atoms with van der Waals surface area (Å²) in [5.74, 6) is 0.819. The molecule has 1 fully saturated rings. The van der Waals surface area contributed by atoms with E-state index >= 15 is 0 Å². The van der Waals surface area contributed by atoms with Crippen molar-refractivity contribution >= 4 is 11.4 Å². The van der Waals surface area contributed by atoms with Gasteiger partial charge in [0.15, 0.2) is 0 Å². The molecule has 1 aliphatic carbocycles. The molecule has 0 atom stereocenters. The quantitative estimate of drug-likeness (QED) is 0.765. The van der Waals surface area contributed by atoms with Gasteiger partial charge >= 0.3 is 0 Å². The van der Waals surface area contributed by atoms with Gasteiger partial charge in [-0.2, -0.15) is 5.26 Å². The van der Waals surface area contributed by atoms with E-state index in [1.807, 2.05) is 18.2 Å². The fraction of sp³-hybridized carbons (Fsp3) is 0.533. The molecule has 0 heterocycles. The van der Waals surface area contributed by atoms with E-state index in [4.69, 9.17) is 15.7 Å². The van der Waals surface area contributed by atoms with Crippen LogP contribution in [0.15, 0.2) is 18.2 Å². The fourth-order valence-corrected chi connectivity index (χ4v) is 2.15. The molecule has 1 saturated carbocycles. The number of nitriles is 1. The number of rotatable bonds is 7. The van der Waals surface area contributed by atoms with Crippen LogP contribution in [0.3, 0.4) is 0 Å². The summed E-state index contributed by atoms with van der Waals surface area (Å²) < 4.78 is 5.66. The molecule has 0 bridgehead atoms. The van der Waals surface area contributed by atoms with E-state index in [2.05, 4.69) is 17.9 Å². The van der Waals surface area contributed by atoms with Crippen LogP contribution in [-0.2, 0) is 0 Å². The minimum atomic E-state index is 0.538. The molecule has 4 heteroatoms. The second-order valence-electron chi connectivity index (χ2n) is 4.94. The largest absolute Gasteiger partial charge is 0.493 e. The zero-order chi connectivity index (χ0) is 13.7. The van der Waals surface area contributed by atoms with Crippen molar-refractivity contribution < 1.29 is 4.74 Å². The van der Waals surface area contributed by atoms with Crippen molar-refractivity contribution in [1.29, 1.82) is 5.26 Å². The Morgan fingerprint density at radius 3 is 2.84 bits per heavy atom. The molecule has 2 N–H and O–H groups in total. The maximum absolute atomic E-state index is 8.76. The molecule has 102 valence electrons. The number of hydrogen-bond acceptors (Lipinski definition) is 4. The molecule has 2 rings (SSSR count). The maximum Gasteiger partial charge on any atom is 0.123 e. The molecular weight excluding hydrogens is 238 g/mol. The summed E-state index contributed by atoms with van der Waals surface area (Å²) in [6.45, 7) is 3.54. The van der Waals surface area contributed by atoms with Crippen molar-refractivity contribution in [3.8, 4) is 11.8 Å². The molecular formula is C15H21N3O. The van der Waals surface area contributed by atoms with Gasteiger partial charge in [0.25, 0.3) is 0 Å². The van der Waals surface area contributed by atoms with E-state index in [1.54, 1.807) is 0 Å². The summed E-state index contributed by atoms with van der Waals surface area (Å²) in [6, 6.07) is 8.63. The summed E-state index contributed by atoms with van der Waals surface area (Å²) in [5.41, 5.74) is 7.73. The lowest BCUT2D eigenvalue weighted by molar-refractivity contribution is 0.317. The number of benzene rings is 1. The first-order valence-corrected chi connectivity index (χ1v) is 6.91. The van der Waals surface area contributed by atoms with Crippen molar-refractivity contribution in [1.82, 2.24) is 0 Å². The first-order chi connectivity index (χ1) is 9.24. The van der Waals surface area contributed by atoms with Gasteiger partial charge in [-0.25, -0.2) is 0 Å². The summed E-state index contributed by atoms with van der Waals surface area (Å²) in [7, 11) is 0. The predicted octanol–water partition coefficient (Wildman–Crippen LogP) is 2.94. The lowest BCUT2D eigenvalue weighted by Gasteiger charge is -2.24. The van der Waals surface area contributed by atoms with Crippen molar-refractivity contribution in [3.05, 3.63) is 18.2 Å². The van der Waals surface area contributed by atoms with Gasteiger partial charge in [-0.1, -0.05) is 6.92 Å². The van der Waals surface area contributed by atoms with Gasteiger partial charge in [-0.15, -0.1) is 0 Å². The monoisotopic (exact) mass is 259 g/mol. The van der Waals surface area contributed by atoms with Crippen molar-refractivity contribution in [3.63, 3.8) is 0 Å². The zero-order valence-corrected chi connectivity index (χ0v) is 11.4. The molecule has 0 saturated heterocycles. The van der Waals surface area contributed by atoms with Crippen LogP contribution in [-0.4, -0.2) is 19.2 Å². The van der Waals surface area contributed by atoms with Crippen LogP contribution in [0.25, 0.3) is 0 Å². The number of nitrogens with zero attached hydrogens (tertiary/aromatic N) is 2. The number of anilines is 2. The van der Waals surface area contributed by atoms with Crippen LogP contribution in [0.5, 0.6) is 5.75 Å². The second kappa shape index (κ2) is 6.33. The molecule has 0 radical (unpaired) electrons. The number of nitrogens with two attached hydrogens (primary N) is 1. The average Bonchev–Trinajstić information content (AvgIpc) is 3.21. The first kappa shape index (κ1) is 13.5. The highest BCUT2D eigenvalue weighted by molar-refractivity contribution is 5.61. The third-order valence-corrected chi connectivity index (χ3v) is 3.17. The topological polar surface area (TPSA) is 62.3 Å². The molecule has 0 aromatic heterocycles. The number of hydrogen-bond donors (Lipinski definition) is 1. The Morgan fingerprint density at radius 2 is 2.21 bits per heavy atom. The maximum atomic E-state index is 8.76. The first-order valence-electron chi connectivity index (χ1n) is 6.91. The van der Waals surface area contributed by atoms with Gasteiger partial charge in [0, 0.05) is 36.1 Å². The van der Waals surface area contributed by atoms with Gasteiger partial charge in [0.1, 0.15) is 5.75 Å². The van der Waals surface area contributed by atoms with Crippen LogP contribution in [0.4, 0.5) is 11.4 Å². The Kier molecular flexibility index (Phi) is 4.51. The standard InChI is InChI=1S/C15H21N3O/c1-2-8-19-15-10-12(17)9-14(11-15)18(7-3-6-16)13-4-5-13/h9-11,13H,2-5,7-8,17H2,1H3. The van der Waals surface area contributed by atoms with Gasteiger partial charge < -0.3 is 15.4 Å². The summed E-state index contributed by atoms with van der Waals surface area (Å²) in [6.07, 6.45) is 3.91. The Morgan fingerprint density at radius 1 is 1.42 bits per heavy atom. The van der Waals surface area contributed by atoms with Crippen molar-refractivity contribution in [2.45, 2.75) is 38.6 Å². The smallest absolute Gasteiger partial charge is 0.123 e. The van der Waals surface area contributed by atoms with E-state index < -0.39 is 0 Å². The Bertz CT molecular complexity index is 463. The Hall–Kier alpha value is -1.89. The van der Waals surface area contributed by atoms with E-state index in [1.165, 1.54) is 12.8 Å². The third kappa shape index (κ3) is 3.78. The molecule has 0 amide bonds. The zero-order valence-electron chi connectivity index (χ0n) is 11.4. The van der Waals surface area contributed by atoms with Gasteiger partial charge in [-0.05, 0) is 25.3 Å². The summed E-state index contributed by atoms with van der Waals surface area (Å²) >= 11 is 0. The Labute approximate surface area is 114 Å². The highest BCUT2D eigenvalue weighted by Crippen LogP contribution is 2.34. The molecule has 1 aromatic rings. The lowest BCUT2D eigenvalue weighted by atomic mass is 10.2. The molecule has 1 aliphatic rings. The second-order valence-corrected chi connectivity index (χ2v) is 4.94. The minimum absolute atomic E-state index is 0.538. The van der Waals surface area contributed by atoms with Crippen LogP contribution in [0.2, 0.25) is 0 Å². The molecule has 0 aliphatic heterocycles. The number of nitrogen functional groups attached to an aromatic ring is 1. The van der Waals surface area contributed by atoms with Crippen LogP contribution in [0, 0.1) is 11.3 Å². The Balaban J connectivity index is 2.16. The minimum Gasteiger partial charge on any atom is -0.493 e. The summed E-state index contributed by atoms with van der Waals surface area (Å²) in [5, 5.41) is 8.76. The SMILES string of the molecule is CCCOc1cc(N)cc(N(CCC#N)C2CC2)c1. The lowest BCUT2D eigenvalue weighted by Crippen LogP contribution is -2.26. The molecule has 19 heavy (non-hydrogen) atoms. The van der Waals surface area contributed by atoms with Crippen LogP contribution < -0.4 is 15.4 Å². The molecule has 1 aromatic carbocycles. The molecule has 4 nitrogen and oxygen atoms in total. The normalized spacial score (nSPS) is 13.9. The van der Waals surface area contributed by atoms with Gasteiger partial charge in [-0.3, -0.25) is 0 Å². The van der Waals surface area contributed by atoms with Crippen molar-refractivity contribution in [2.24, 2.45) is 0 Å². The van der Waals surface area contributed by atoms with E-state index in [0.29, 0.717) is 24.8 Å². The molecule has 0 unspecified atom stereocenters. The van der Waals surface area contributed by atoms with Crippen LogP contribution in [0.1, 0.15) is 32.6 Å².